The highest BCUT2D eigenvalue weighted by molar-refractivity contribution is 5.62. The van der Waals surface area contributed by atoms with Gasteiger partial charge in [0.1, 0.15) is 12.2 Å². The van der Waals surface area contributed by atoms with Crippen molar-refractivity contribution in [2.24, 2.45) is 0 Å². The molecule has 0 aromatic heterocycles. The van der Waals surface area contributed by atoms with Crippen LogP contribution in [-0.2, 0) is 9.47 Å². The number of hydrogen-bond acceptors (Lipinski definition) is 3. The first kappa shape index (κ1) is 5.41. The molecule has 1 rings (SSSR count). The number of rotatable bonds is 0. The number of ether oxygens (including phenoxy) is 2. The van der Waals surface area contributed by atoms with Crippen LogP contribution in [0.1, 0.15) is 13.8 Å². The van der Waals surface area contributed by atoms with Crippen molar-refractivity contribution < 1.29 is 14.3 Å². The van der Waals surface area contributed by atoms with E-state index in [1.807, 2.05) is 0 Å². The standard InChI is InChI=1S/C5H8O3/c1-3-4(2)8-5(6)7-3/h3-4H,1-2H3/t3-,4?/m1/s1. The fraction of sp³-hybridized carbons (Fsp3) is 0.800. The van der Waals surface area contributed by atoms with Gasteiger partial charge in [-0.15, -0.1) is 0 Å². The zero-order valence-electron chi connectivity index (χ0n) is 4.88. The number of carbonyl (C=O) groups is 1. The van der Waals surface area contributed by atoms with E-state index in [4.69, 9.17) is 0 Å². The van der Waals surface area contributed by atoms with Crippen molar-refractivity contribution in [1.82, 2.24) is 0 Å². The molecule has 1 saturated heterocycles. The summed E-state index contributed by atoms with van der Waals surface area (Å²) in [5.74, 6) is 0. The van der Waals surface area contributed by atoms with E-state index in [0.717, 1.165) is 0 Å². The smallest absolute Gasteiger partial charge is 0.427 e. The van der Waals surface area contributed by atoms with E-state index in [0.29, 0.717) is 0 Å². The lowest BCUT2D eigenvalue weighted by Crippen LogP contribution is -2.13. The zero-order chi connectivity index (χ0) is 6.15. The normalized spacial score (nSPS) is 36.5. The van der Waals surface area contributed by atoms with Gasteiger partial charge < -0.3 is 9.47 Å². The van der Waals surface area contributed by atoms with Gasteiger partial charge in [-0.05, 0) is 13.8 Å². The Labute approximate surface area is 47.6 Å². The SMILES string of the molecule is CC1OC(=O)O[C@@H]1C. The topological polar surface area (TPSA) is 35.5 Å². The van der Waals surface area contributed by atoms with Gasteiger partial charge in [0, 0.05) is 0 Å². The van der Waals surface area contributed by atoms with Gasteiger partial charge in [0.25, 0.3) is 0 Å². The second-order valence-corrected chi connectivity index (χ2v) is 1.90. The quantitative estimate of drug-likeness (QED) is 0.441. The van der Waals surface area contributed by atoms with E-state index in [-0.39, 0.29) is 12.2 Å². The highest BCUT2D eigenvalue weighted by atomic mass is 16.8. The van der Waals surface area contributed by atoms with Gasteiger partial charge in [-0.2, -0.15) is 0 Å². The van der Waals surface area contributed by atoms with Gasteiger partial charge in [-0.25, -0.2) is 4.79 Å². The highest BCUT2D eigenvalue weighted by Gasteiger charge is 2.28. The lowest BCUT2D eigenvalue weighted by molar-refractivity contribution is 0.118. The number of cyclic esters (lactones) is 2. The molecule has 8 heavy (non-hydrogen) atoms. The maximum absolute atomic E-state index is 10.2. The maximum Gasteiger partial charge on any atom is 0.509 e. The summed E-state index contributed by atoms with van der Waals surface area (Å²) < 4.78 is 9.22. The Balaban J connectivity index is 2.51. The van der Waals surface area contributed by atoms with E-state index in [9.17, 15) is 4.79 Å². The summed E-state index contributed by atoms with van der Waals surface area (Å²) in [5, 5.41) is 0. The molecular weight excluding hydrogens is 108 g/mol. The summed E-state index contributed by atoms with van der Waals surface area (Å²) in [5.41, 5.74) is 0. The van der Waals surface area contributed by atoms with Crippen molar-refractivity contribution in [3.8, 4) is 0 Å². The third-order valence-corrected chi connectivity index (χ3v) is 1.23. The molecule has 0 amide bonds. The first-order chi connectivity index (χ1) is 3.70. The summed E-state index contributed by atoms with van der Waals surface area (Å²) in [4.78, 5) is 10.2. The second kappa shape index (κ2) is 1.65. The molecule has 1 heterocycles. The monoisotopic (exact) mass is 116 g/mol. The van der Waals surface area contributed by atoms with Gasteiger partial charge in [-0.1, -0.05) is 0 Å². The van der Waals surface area contributed by atoms with Crippen LogP contribution in [0.3, 0.4) is 0 Å². The predicted octanol–water partition coefficient (Wildman–Crippen LogP) is 0.930. The van der Waals surface area contributed by atoms with Crippen LogP contribution >= 0.6 is 0 Å². The van der Waals surface area contributed by atoms with Crippen molar-refractivity contribution in [3.05, 3.63) is 0 Å². The third-order valence-electron chi connectivity index (χ3n) is 1.23. The minimum absolute atomic E-state index is 0.0810. The molecule has 46 valence electrons. The Morgan fingerprint density at radius 2 is 1.62 bits per heavy atom. The van der Waals surface area contributed by atoms with Crippen LogP contribution in [0.5, 0.6) is 0 Å². The molecule has 3 nitrogen and oxygen atoms in total. The van der Waals surface area contributed by atoms with E-state index in [1.165, 1.54) is 0 Å². The molecule has 2 atom stereocenters. The van der Waals surface area contributed by atoms with E-state index < -0.39 is 6.16 Å². The molecule has 0 aromatic rings. The van der Waals surface area contributed by atoms with Crippen molar-refractivity contribution in [3.63, 3.8) is 0 Å². The summed E-state index contributed by atoms with van der Waals surface area (Å²) >= 11 is 0. The minimum Gasteiger partial charge on any atom is -0.427 e. The molecule has 0 aliphatic carbocycles. The fourth-order valence-corrected chi connectivity index (χ4v) is 0.523. The lowest BCUT2D eigenvalue weighted by Gasteiger charge is -2.00. The first-order valence-electron chi connectivity index (χ1n) is 2.57. The number of carbonyl (C=O) groups excluding carboxylic acids is 1. The van der Waals surface area contributed by atoms with Crippen molar-refractivity contribution in [2.75, 3.05) is 0 Å². The molecule has 3 heteroatoms. The molecule has 0 N–H and O–H groups in total. The summed E-state index contributed by atoms with van der Waals surface area (Å²) in [6, 6.07) is 0. The van der Waals surface area contributed by atoms with Crippen LogP contribution < -0.4 is 0 Å². The largest absolute Gasteiger partial charge is 0.509 e. The lowest BCUT2D eigenvalue weighted by atomic mass is 10.3. The van der Waals surface area contributed by atoms with E-state index in [2.05, 4.69) is 9.47 Å². The zero-order valence-corrected chi connectivity index (χ0v) is 4.88. The Bertz CT molecular complexity index is 98.2. The van der Waals surface area contributed by atoms with Crippen LogP contribution in [0.25, 0.3) is 0 Å². The summed E-state index contributed by atoms with van der Waals surface area (Å²) in [6.45, 7) is 3.60. The Morgan fingerprint density at radius 1 is 1.25 bits per heavy atom. The van der Waals surface area contributed by atoms with Crippen LogP contribution in [0.2, 0.25) is 0 Å². The molecule has 0 saturated carbocycles. The predicted molar refractivity (Wildman–Crippen MR) is 26.5 cm³/mol. The average Bonchev–Trinajstić information content (AvgIpc) is 1.85. The minimum atomic E-state index is -0.551. The van der Waals surface area contributed by atoms with Crippen LogP contribution in [0.15, 0.2) is 0 Å². The van der Waals surface area contributed by atoms with Gasteiger partial charge in [-0.3, -0.25) is 0 Å². The second-order valence-electron chi connectivity index (χ2n) is 1.90. The van der Waals surface area contributed by atoms with Crippen molar-refractivity contribution >= 4 is 6.16 Å². The van der Waals surface area contributed by atoms with Crippen molar-refractivity contribution in [2.45, 2.75) is 26.1 Å². The molecule has 1 aliphatic heterocycles. The Kier molecular flexibility index (Phi) is 1.12. The molecule has 1 fully saturated rings. The maximum atomic E-state index is 10.2. The van der Waals surface area contributed by atoms with Crippen LogP contribution in [0.4, 0.5) is 4.79 Å². The fourth-order valence-electron chi connectivity index (χ4n) is 0.523. The van der Waals surface area contributed by atoms with Gasteiger partial charge in [0.15, 0.2) is 0 Å². The molecule has 0 bridgehead atoms. The molecule has 1 unspecified atom stereocenters. The van der Waals surface area contributed by atoms with Crippen LogP contribution in [-0.4, -0.2) is 18.4 Å². The Hall–Kier alpha value is -0.730. The highest BCUT2D eigenvalue weighted by Crippen LogP contribution is 2.12. The first-order valence-corrected chi connectivity index (χ1v) is 2.57. The summed E-state index contributed by atoms with van der Waals surface area (Å²) in [7, 11) is 0. The molecule has 0 spiro atoms. The summed E-state index contributed by atoms with van der Waals surface area (Å²) in [6.07, 6.45) is -0.713. The molecule has 1 aliphatic rings. The molecular formula is C5H8O3. The third kappa shape index (κ3) is 0.757. The average molecular weight is 116 g/mol. The van der Waals surface area contributed by atoms with Gasteiger partial charge in [0.2, 0.25) is 0 Å². The Morgan fingerprint density at radius 3 is 1.75 bits per heavy atom. The van der Waals surface area contributed by atoms with Gasteiger partial charge in [0.05, 0.1) is 0 Å². The van der Waals surface area contributed by atoms with E-state index in [1.54, 1.807) is 13.8 Å². The van der Waals surface area contributed by atoms with Crippen LogP contribution in [0, 0.1) is 0 Å². The van der Waals surface area contributed by atoms with Gasteiger partial charge >= 0.3 is 6.16 Å². The number of hydrogen-bond donors (Lipinski definition) is 0. The molecule has 0 radical (unpaired) electrons. The molecule has 0 aromatic carbocycles. The van der Waals surface area contributed by atoms with Crippen molar-refractivity contribution in [1.29, 1.82) is 0 Å². The van der Waals surface area contributed by atoms with E-state index >= 15 is 0 Å².